The summed E-state index contributed by atoms with van der Waals surface area (Å²) in [6.07, 6.45) is 4.65. The Labute approximate surface area is 178 Å². The van der Waals surface area contributed by atoms with Crippen molar-refractivity contribution in [2.45, 2.75) is 13.3 Å². The predicted molar refractivity (Wildman–Crippen MR) is 121 cm³/mol. The first-order valence-corrected chi connectivity index (χ1v) is 12.1. The number of fused-ring (bicyclic) bond motifs is 2. The molecule has 0 aliphatic heterocycles. The number of anilines is 1. The van der Waals surface area contributed by atoms with E-state index >= 15 is 0 Å². The van der Waals surface area contributed by atoms with Gasteiger partial charge in [0.15, 0.2) is 0 Å². The minimum Gasteiger partial charge on any atom is -0.284 e. The zero-order valence-electron chi connectivity index (χ0n) is 16.2. The SMILES string of the molecule is CCS(=O)(=O)Nc1cccc(-c2cnc3c(n2)C(c2ccc4ncsc4c2)=CC3)c1. The van der Waals surface area contributed by atoms with Crippen LogP contribution in [0.2, 0.25) is 0 Å². The fourth-order valence-electron chi connectivity index (χ4n) is 3.48. The van der Waals surface area contributed by atoms with Crippen LogP contribution in [0.5, 0.6) is 0 Å². The zero-order valence-corrected chi connectivity index (χ0v) is 17.8. The molecule has 0 bridgehead atoms. The lowest BCUT2D eigenvalue weighted by atomic mass is 10.0. The van der Waals surface area contributed by atoms with Gasteiger partial charge in [0.1, 0.15) is 0 Å². The van der Waals surface area contributed by atoms with E-state index in [1.54, 1.807) is 36.6 Å². The molecule has 0 saturated carbocycles. The van der Waals surface area contributed by atoms with E-state index in [9.17, 15) is 8.42 Å². The van der Waals surface area contributed by atoms with Crippen LogP contribution >= 0.6 is 11.3 Å². The minimum absolute atomic E-state index is 0.0220. The van der Waals surface area contributed by atoms with Crippen molar-refractivity contribution in [2.24, 2.45) is 0 Å². The monoisotopic (exact) mass is 434 g/mol. The molecule has 0 amide bonds. The van der Waals surface area contributed by atoms with Gasteiger partial charge in [0.2, 0.25) is 10.0 Å². The molecule has 0 spiro atoms. The van der Waals surface area contributed by atoms with E-state index in [-0.39, 0.29) is 5.75 Å². The average molecular weight is 435 g/mol. The van der Waals surface area contributed by atoms with Crippen molar-refractivity contribution in [1.82, 2.24) is 15.0 Å². The summed E-state index contributed by atoms with van der Waals surface area (Å²) in [6.45, 7) is 1.61. The summed E-state index contributed by atoms with van der Waals surface area (Å²) >= 11 is 1.62. The molecule has 1 aliphatic carbocycles. The van der Waals surface area contributed by atoms with Crippen molar-refractivity contribution < 1.29 is 8.42 Å². The molecular formula is C22H18N4O2S2. The topological polar surface area (TPSA) is 84.8 Å². The lowest BCUT2D eigenvalue weighted by Crippen LogP contribution is -2.14. The highest BCUT2D eigenvalue weighted by Crippen LogP contribution is 2.34. The molecular weight excluding hydrogens is 416 g/mol. The van der Waals surface area contributed by atoms with Gasteiger partial charge in [0.25, 0.3) is 0 Å². The summed E-state index contributed by atoms with van der Waals surface area (Å²) < 4.78 is 27.5. The van der Waals surface area contributed by atoms with Crippen LogP contribution in [-0.4, -0.2) is 29.1 Å². The fraction of sp³-hybridized carbons (Fsp3) is 0.136. The molecule has 6 nitrogen and oxygen atoms in total. The van der Waals surface area contributed by atoms with Gasteiger partial charge in [0.05, 0.1) is 44.8 Å². The molecule has 0 radical (unpaired) electrons. The Balaban J connectivity index is 1.52. The highest BCUT2D eigenvalue weighted by atomic mass is 32.2. The van der Waals surface area contributed by atoms with Gasteiger partial charge >= 0.3 is 0 Å². The van der Waals surface area contributed by atoms with Crippen molar-refractivity contribution in [2.75, 3.05) is 10.5 Å². The van der Waals surface area contributed by atoms with Crippen LogP contribution in [0.25, 0.3) is 27.0 Å². The van der Waals surface area contributed by atoms with E-state index < -0.39 is 10.0 Å². The Bertz CT molecular complexity index is 1410. The maximum Gasteiger partial charge on any atom is 0.232 e. The highest BCUT2D eigenvalue weighted by molar-refractivity contribution is 7.92. The van der Waals surface area contributed by atoms with Crippen molar-refractivity contribution in [1.29, 1.82) is 0 Å². The summed E-state index contributed by atoms with van der Waals surface area (Å²) in [5.74, 6) is 0.0220. The van der Waals surface area contributed by atoms with Gasteiger partial charge in [-0.3, -0.25) is 9.71 Å². The fourth-order valence-corrected chi connectivity index (χ4v) is 4.83. The third-order valence-corrected chi connectivity index (χ3v) is 7.16. The summed E-state index contributed by atoms with van der Waals surface area (Å²) in [6, 6.07) is 13.5. The summed E-state index contributed by atoms with van der Waals surface area (Å²) in [5, 5.41) is 0. The van der Waals surface area contributed by atoms with E-state index in [1.807, 2.05) is 23.7 Å². The smallest absolute Gasteiger partial charge is 0.232 e. The lowest BCUT2D eigenvalue weighted by Gasteiger charge is -2.10. The van der Waals surface area contributed by atoms with Crippen LogP contribution < -0.4 is 4.72 Å². The van der Waals surface area contributed by atoms with Crippen LogP contribution in [-0.2, 0) is 16.4 Å². The summed E-state index contributed by atoms with van der Waals surface area (Å²) in [7, 11) is -3.34. The second kappa shape index (κ2) is 7.30. The largest absolute Gasteiger partial charge is 0.284 e. The molecule has 2 heterocycles. The Hall–Kier alpha value is -3.10. The van der Waals surface area contributed by atoms with Crippen LogP contribution in [0.15, 0.2) is 60.2 Å². The van der Waals surface area contributed by atoms with Gasteiger partial charge < -0.3 is 0 Å². The predicted octanol–water partition coefficient (Wildman–Crippen LogP) is 4.50. The Morgan fingerprint density at radius 2 is 2.00 bits per heavy atom. The molecule has 1 N–H and O–H groups in total. The second-order valence-electron chi connectivity index (χ2n) is 6.99. The number of aromatic nitrogens is 3. The van der Waals surface area contributed by atoms with Crippen LogP contribution in [0.1, 0.15) is 23.9 Å². The molecule has 0 atom stereocenters. The normalized spacial score (nSPS) is 13.3. The van der Waals surface area contributed by atoms with E-state index in [2.05, 4.69) is 32.9 Å². The van der Waals surface area contributed by atoms with Crippen molar-refractivity contribution >= 4 is 42.8 Å². The Morgan fingerprint density at radius 3 is 2.87 bits per heavy atom. The minimum atomic E-state index is -3.34. The summed E-state index contributed by atoms with van der Waals surface area (Å²) in [4.78, 5) is 13.9. The van der Waals surface area contributed by atoms with E-state index in [4.69, 9.17) is 4.98 Å². The molecule has 5 rings (SSSR count). The second-order valence-corrected chi connectivity index (χ2v) is 9.89. The number of hydrogen-bond acceptors (Lipinski definition) is 6. The number of nitrogens with one attached hydrogen (secondary N) is 1. The number of nitrogens with zero attached hydrogens (tertiary/aromatic N) is 3. The van der Waals surface area contributed by atoms with Crippen molar-refractivity contribution in [3.8, 4) is 11.3 Å². The Morgan fingerprint density at radius 1 is 1.10 bits per heavy atom. The van der Waals surface area contributed by atoms with E-state index in [1.165, 1.54) is 0 Å². The quantitative estimate of drug-likeness (QED) is 0.500. The zero-order chi connectivity index (χ0) is 20.7. The van der Waals surface area contributed by atoms with Gasteiger partial charge in [-0.05, 0) is 36.8 Å². The Kier molecular flexibility index (Phi) is 4.60. The number of thiazole rings is 1. The van der Waals surface area contributed by atoms with Gasteiger partial charge in [-0.15, -0.1) is 11.3 Å². The molecule has 150 valence electrons. The first kappa shape index (κ1) is 18.9. The third-order valence-electron chi connectivity index (χ3n) is 5.06. The van der Waals surface area contributed by atoms with E-state index in [0.717, 1.165) is 44.7 Å². The van der Waals surface area contributed by atoms with Gasteiger partial charge in [-0.1, -0.05) is 24.3 Å². The molecule has 2 aromatic carbocycles. The first-order valence-electron chi connectivity index (χ1n) is 9.53. The molecule has 0 fully saturated rings. The van der Waals surface area contributed by atoms with Crippen LogP contribution in [0, 0.1) is 0 Å². The van der Waals surface area contributed by atoms with E-state index in [0.29, 0.717) is 11.4 Å². The van der Waals surface area contributed by atoms with Crippen LogP contribution in [0.3, 0.4) is 0 Å². The number of rotatable bonds is 5. The highest BCUT2D eigenvalue weighted by Gasteiger charge is 2.20. The molecule has 30 heavy (non-hydrogen) atoms. The molecule has 1 aliphatic rings. The number of allylic oxidation sites excluding steroid dienone is 1. The van der Waals surface area contributed by atoms with Gasteiger partial charge in [0, 0.05) is 23.2 Å². The average Bonchev–Trinajstić information content (AvgIpc) is 3.39. The molecule has 0 saturated heterocycles. The number of hydrogen-bond donors (Lipinski definition) is 1. The molecule has 2 aromatic heterocycles. The molecule has 4 aromatic rings. The molecule has 8 heteroatoms. The lowest BCUT2D eigenvalue weighted by molar-refractivity contribution is 0.602. The molecule has 0 unspecified atom stereocenters. The third kappa shape index (κ3) is 3.48. The maximum atomic E-state index is 11.9. The van der Waals surface area contributed by atoms with Crippen molar-refractivity contribution in [3.05, 3.63) is 77.2 Å². The maximum absolute atomic E-state index is 11.9. The number of sulfonamides is 1. The summed E-state index contributed by atoms with van der Waals surface area (Å²) in [5.41, 5.74) is 8.86. The van der Waals surface area contributed by atoms with Gasteiger partial charge in [-0.25, -0.2) is 18.4 Å². The standard InChI is InChI=1S/C22H18N4O2S2/c1-2-30(27,28)26-16-5-3-4-15(10-16)20-12-23-19-9-7-17(22(19)25-20)14-6-8-18-21(11-14)29-13-24-18/h3-8,10-13,26H,2,9H2,1H3. The van der Waals surface area contributed by atoms with Gasteiger partial charge in [-0.2, -0.15) is 0 Å². The van der Waals surface area contributed by atoms with Crippen molar-refractivity contribution in [3.63, 3.8) is 0 Å². The number of benzene rings is 2. The van der Waals surface area contributed by atoms with Crippen LogP contribution in [0.4, 0.5) is 5.69 Å². The first-order chi connectivity index (χ1) is 14.5.